The standard InChI is InChI=1S/C18H14F4N2S2/c1-7-17(25)24-18-13(9-5-8(16(21)22)6-12(9)26-18)15(23-7)14-10(19)3-2-4-11(14)20/h2-4,7-8,16H,5-6H2,1H3,(H,24,25). The number of aliphatic imine (C=N–C) groups is 1. The van der Waals surface area contributed by atoms with Crippen molar-refractivity contribution in [3.8, 4) is 0 Å². The van der Waals surface area contributed by atoms with Gasteiger partial charge in [0, 0.05) is 16.4 Å². The van der Waals surface area contributed by atoms with Crippen LogP contribution >= 0.6 is 23.6 Å². The molecule has 1 N–H and O–H groups in total. The number of benzene rings is 1. The van der Waals surface area contributed by atoms with E-state index in [1.54, 1.807) is 6.92 Å². The van der Waals surface area contributed by atoms with Gasteiger partial charge in [-0.15, -0.1) is 11.3 Å². The van der Waals surface area contributed by atoms with Crippen LogP contribution in [-0.2, 0) is 12.8 Å². The molecule has 26 heavy (non-hydrogen) atoms. The summed E-state index contributed by atoms with van der Waals surface area (Å²) < 4.78 is 55.3. The Morgan fingerprint density at radius 2 is 1.88 bits per heavy atom. The molecule has 0 spiro atoms. The number of nitrogens with zero attached hydrogens (tertiary/aromatic N) is 1. The number of fused-ring (bicyclic) bond motifs is 3. The lowest BCUT2D eigenvalue weighted by Crippen LogP contribution is -2.20. The number of thiocarbonyl (C=S) groups is 1. The number of nitrogens with one attached hydrogen (secondary N) is 1. The van der Waals surface area contributed by atoms with Crippen molar-refractivity contribution in [2.24, 2.45) is 10.9 Å². The van der Waals surface area contributed by atoms with Crippen LogP contribution in [0.4, 0.5) is 22.6 Å². The maximum absolute atomic E-state index is 14.5. The second-order valence-electron chi connectivity index (χ2n) is 6.45. The van der Waals surface area contributed by atoms with Gasteiger partial charge in [0.15, 0.2) is 0 Å². The van der Waals surface area contributed by atoms with Crippen LogP contribution in [0.15, 0.2) is 23.2 Å². The fourth-order valence-electron chi connectivity index (χ4n) is 3.43. The molecular formula is C18H14F4N2S2. The first-order valence-electron chi connectivity index (χ1n) is 8.13. The Hall–Kier alpha value is -1.80. The van der Waals surface area contributed by atoms with Crippen molar-refractivity contribution >= 4 is 39.3 Å². The summed E-state index contributed by atoms with van der Waals surface area (Å²) in [5, 5.41) is 3.71. The van der Waals surface area contributed by atoms with Crippen LogP contribution in [0.5, 0.6) is 0 Å². The summed E-state index contributed by atoms with van der Waals surface area (Å²) in [7, 11) is 0. The van der Waals surface area contributed by atoms with E-state index >= 15 is 0 Å². The number of halogens is 4. The Bertz CT molecular complexity index is 915. The van der Waals surface area contributed by atoms with Gasteiger partial charge in [-0.3, -0.25) is 4.99 Å². The molecule has 0 fully saturated rings. The summed E-state index contributed by atoms with van der Waals surface area (Å²) in [6, 6.07) is 3.12. The highest BCUT2D eigenvalue weighted by molar-refractivity contribution is 7.80. The first-order chi connectivity index (χ1) is 12.4. The SMILES string of the molecule is CC1N=C(c2c(F)cccc2F)c2c(sc3c2CC(C(F)F)C3)NC1=S. The zero-order valence-corrected chi connectivity index (χ0v) is 15.3. The highest BCUT2D eigenvalue weighted by atomic mass is 32.1. The zero-order valence-electron chi connectivity index (χ0n) is 13.7. The number of rotatable bonds is 2. The minimum atomic E-state index is -2.44. The van der Waals surface area contributed by atoms with Crippen LogP contribution in [0, 0.1) is 17.6 Å². The Labute approximate surface area is 157 Å². The van der Waals surface area contributed by atoms with E-state index < -0.39 is 30.0 Å². The highest BCUT2D eigenvalue weighted by Crippen LogP contribution is 2.45. The maximum Gasteiger partial charge on any atom is 0.242 e. The normalized spacial score (nSPS) is 21.9. The fraction of sp³-hybridized carbons (Fsp3) is 0.333. The third-order valence-electron chi connectivity index (χ3n) is 4.74. The summed E-state index contributed by atoms with van der Waals surface area (Å²) in [4.78, 5) is 5.70. The summed E-state index contributed by atoms with van der Waals surface area (Å²) in [6.45, 7) is 1.73. The van der Waals surface area contributed by atoms with Gasteiger partial charge in [0.1, 0.15) is 21.6 Å². The fourth-order valence-corrected chi connectivity index (χ4v) is 4.98. The van der Waals surface area contributed by atoms with E-state index in [0.717, 1.165) is 17.0 Å². The van der Waals surface area contributed by atoms with Gasteiger partial charge in [0.2, 0.25) is 6.43 Å². The molecule has 0 bridgehead atoms. The van der Waals surface area contributed by atoms with Crippen LogP contribution in [-0.4, -0.2) is 23.2 Å². The minimum Gasteiger partial charge on any atom is -0.339 e. The lowest BCUT2D eigenvalue weighted by Gasteiger charge is -2.12. The predicted octanol–water partition coefficient (Wildman–Crippen LogP) is 4.99. The highest BCUT2D eigenvalue weighted by Gasteiger charge is 2.37. The largest absolute Gasteiger partial charge is 0.339 e. The molecule has 4 rings (SSSR count). The molecule has 0 radical (unpaired) electrons. The van der Waals surface area contributed by atoms with E-state index in [2.05, 4.69) is 10.3 Å². The van der Waals surface area contributed by atoms with E-state index in [9.17, 15) is 17.6 Å². The molecule has 2 unspecified atom stereocenters. The molecule has 2 aromatic rings. The molecule has 1 aromatic heterocycles. The van der Waals surface area contributed by atoms with Gasteiger partial charge < -0.3 is 5.32 Å². The predicted molar refractivity (Wildman–Crippen MR) is 98.9 cm³/mol. The number of hydrogen-bond acceptors (Lipinski definition) is 3. The van der Waals surface area contributed by atoms with Crippen LogP contribution < -0.4 is 5.32 Å². The zero-order chi connectivity index (χ0) is 18.6. The average molecular weight is 398 g/mol. The van der Waals surface area contributed by atoms with Crippen molar-refractivity contribution in [2.75, 3.05) is 5.32 Å². The number of anilines is 1. The minimum absolute atomic E-state index is 0.142. The van der Waals surface area contributed by atoms with Crippen molar-refractivity contribution in [1.82, 2.24) is 0 Å². The van der Waals surface area contributed by atoms with Crippen LogP contribution in [0.1, 0.15) is 28.5 Å². The molecule has 2 heterocycles. The Morgan fingerprint density at radius 3 is 2.54 bits per heavy atom. The van der Waals surface area contributed by atoms with Crippen molar-refractivity contribution < 1.29 is 17.6 Å². The molecular weight excluding hydrogens is 384 g/mol. The van der Waals surface area contributed by atoms with Gasteiger partial charge in [0.05, 0.1) is 17.3 Å². The number of thiophene rings is 1. The molecule has 1 aromatic carbocycles. The Balaban J connectivity index is 1.94. The quantitative estimate of drug-likeness (QED) is 0.570. The molecule has 2 atom stereocenters. The lowest BCUT2D eigenvalue weighted by atomic mass is 9.97. The molecule has 2 nitrogen and oxygen atoms in total. The molecule has 0 amide bonds. The first kappa shape index (κ1) is 17.6. The Morgan fingerprint density at radius 1 is 1.19 bits per heavy atom. The lowest BCUT2D eigenvalue weighted by molar-refractivity contribution is 0.0826. The van der Waals surface area contributed by atoms with Gasteiger partial charge in [-0.05, 0) is 37.5 Å². The second kappa shape index (κ2) is 6.42. The van der Waals surface area contributed by atoms with Crippen molar-refractivity contribution in [3.63, 3.8) is 0 Å². The van der Waals surface area contributed by atoms with Gasteiger partial charge in [0.25, 0.3) is 0 Å². The maximum atomic E-state index is 14.5. The summed E-state index contributed by atoms with van der Waals surface area (Å²) >= 11 is 6.63. The van der Waals surface area contributed by atoms with Crippen molar-refractivity contribution in [2.45, 2.75) is 32.2 Å². The molecule has 2 aliphatic rings. The van der Waals surface area contributed by atoms with E-state index in [1.807, 2.05) is 0 Å². The summed E-state index contributed by atoms with van der Waals surface area (Å²) in [5.41, 5.74) is 1.10. The monoisotopic (exact) mass is 398 g/mol. The van der Waals surface area contributed by atoms with Crippen LogP contribution in [0.3, 0.4) is 0 Å². The van der Waals surface area contributed by atoms with E-state index in [1.165, 1.54) is 17.4 Å². The molecule has 0 saturated heterocycles. The third-order valence-corrected chi connectivity index (χ3v) is 6.35. The first-order valence-corrected chi connectivity index (χ1v) is 9.35. The van der Waals surface area contributed by atoms with E-state index in [-0.39, 0.29) is 24.1 Å². The summed E-state index contributed by atoms with van der Waals surface area (Å²) in [6.07, 6.45) is -2.02. The smallest absolute Gasteiger partial charge is 0.242 e. The van der Waals surface area contributed by atoms with Gasteiger partial charge in [-0.2, -0.15) is 0 Å². The van der Waals surface area contributed by atoms with E-state index in [0.29, 0.717) is 21.1 Å². The van der Waals surface area contributed by atoms with Gasteiger partial charge in [-0.25, -0.2) is 17.6 Å². The number of hydrogen-bond donors (Lipinski definition) is 1. The summed E-state index contributed by atoms with van der Waals surface area (Å²) in [5.74, 6) is -2.25. The van der Waals surface area contributed by atoms with E-state index in [4.69, 9.17) is 12.2 Å². The van der Waals surface area contributed by atoms with Crippen LogP contribution in [0.25, 0.3) is 0 Å². The van der Waals surface area contributed by atoms with Gasteiger partial charge >= 0.3 is 0 Å². The third kappa shape index (κ3) is 2.75. The average Bonchev–Trinajstić information content (AvgIpc) is 3.07. The molecule has 8 heteroatoms. The van der Waals surface area contributed by atoms with Crippen molar-refractivity contribution in [3.05, 3.63) is 51.4 Å². The molecule has 1 aliphatic carbocycles. The second-order valence-corrected chi connectivity index (χ2v) is 8.00. The molecule has 136 valence electrons. The topological polar surface area (TPSA) is 24.4 Å². The van der Waals surface area contributed by atoms with Gasteiger partial charge in [-0.1, -0.05) is 18.3 Å². The van der Waals surface area contributed by atoms with Crippen molar-refractivity contribution in [1.29, 1.82) is 0 Å². The molecule has 0 saturated carbocycles. The van der Waals surface area contributed by atoms with Crippen LogP contribution in [0.2, 0.25) is 0 Å². The molecule has 1 aliphatic heterocycles. The Kier molecular flexibility index (Phi) is 4.35. The number of alkyl halides is 2.